The van der Waals surface area contributed by atoms with Gasteiger partial charge in [0.15, 0.2) is 0 Å². The molecule has 1 heterocycles. The highest BCUT2D eigenvalue weighted by Gasteiger charge is 2.11. The molecule has 0 saturated heterocycles. The Hall–Kier alpha value is -1.86. The summed E-state index contributed by atoms with van der Waals surface area (Å²) in [6, 6.07) is 8.65. The van der Waals surface area contributed by atoms with Gasteiger partial charge in [0, 0.05) is 18.4 Å². The number of hydrogen-bond acceptors (Lipinski definition) is 4. The summed E-state index contributed by atoms with van der Waals surface area (Å²) in [7, 11) is -2.02. The van der Waals surface area contributed by atoms with Crippen molar-refractivity contribution in [2.24, 2.45) is 0 Å². The van der Waals surface area contributed by atoms with Crippen molar-refractivity contribution in [3.8, 4) is 0 Å². The molecule has 0 spiro atoms. The summed E-state index contributed by atoms with van der Waals surface area (Å²) >= 11 is 0. The number of aromatic nitrogens is 2. The fraction of sp³-hybridized carbons (Fsp3) is 0.308. The first-order valence-electron chi connectivity index (χ1n) is 6.35. The Bertz CT molecular complexity index is 679. The molecular formula is C13H18N4O2S. The van der Waals surface area contributed by atoms with Gasteiger partial charge in [0.05, 0.1) is 17.1 Å². The number of aryl methyl sites for hydroxylation is 1. The molecule has 0 unspecified atom stereocenters. The number of sulfonamides is 1. The van der Waals surface area contributed by atoms with Crippen molar-refractivity contribution >= 4 is 15.7 Å². The van der Waals surface area contributed by atoms with Crippen LogP contribution in [0.2, 0.25) is 0 Å². The quantitative estimate of drug-likeness (QED) is 0.845. The Labute approximate surface area is 118 Å². The van der Waals surface area contributed by atoms with Crippen LogP contribution in [0.15, 0.2) is 41.4 Å². The van der Waals surface area contributed by atoms with E-state index in [1.165, 1.54) is 7.05 Å². The molecule has 20 heavy (non-hydrogen) atoms. The fourth-order valence-electron chi connectivity index (χ4n) is 1.88. The Balaban J connectivity index is 2.13. The molecule has 2 N–H and O–H groups in total. The van der Waals surface area contributed by atoms with Crippen molar-refractivity contribution in [1.29, 1.82) is 0 Å². The second kappa shape index (κ2) is 6.06. The van der Waals surface area contributed by atoms with Gasteiger partial charge in [0.2, 0.25) is 10.0 Å². The van der Waals surface area contributed by atoms with Crippen LogP contribution >= 0.6 is 0 Å². The molecule has 108 valence electrons. The molecule has 6 nitrogen and oxygen atoms in total. The first-order chi connectivity index (χ1) is 9.56. The maximum absolute atomic E-state index is 11.7. The molecular weight excluding hydrogens is 276 g/mol. The molecule has 0 saturated carbocycles. The first-order valence-corrected chi connectivity index (χ1v) is 7.83. The Morgan fingerprint density at radius 1 is 1.30 bits per heavy atom. The first kappa shape index (κ1) is 14.5. The predicted molar refractivity (Wildman–Crippen MR) is 77.9 cm³/mol. The zero-order chi connectivity index (χ0) is 14.6. The lowest BCUT2D eigenvalue weighted by Gasteiger charge is -2.09. The van der Waals surface area contributed by atoms with Crippen molar-refractivity contribution in [3.63, 3.8) is 0 Å². The largest absolute Gasteiger partial charge is 0.379 e. The molecule has 0 amide bonds. The number of anilines is 1. The van der Waals surface area contributed by atoms with Gasteiger partial charge in [-0.15, -0.1) is 0 Å². The van der Waals surface area contributed by atoms with Gasteiger partial charge in [-0.1, -0.05) is 6.07 Å². The third-order valence-corrected chi connectivity index (χ3v) is 4.40. The predicted octanol–water partition coefficient (Wildman–Crippen LogP) is 1.42. The van der Waals surface area contributed by atoms with Crippen molar-refractivity contribution in [2.45, 2.75) is 24.9 Å². The van der Waals surface area contributed by atoms with Crippen LogP contribution in [0.1, 0.15) is 12.6 Å². The summed E-state index contributed by atoms with van der Waals surface area (Å²) in [5.41, 5.74) is 1.81. The molecule has 2 aromatic rings. The molecule has 1 aromatic carbocycles. The normalized spacial score (nSPS) is 11.5. The average molecular weight is 294 g/mol. The monoisotopic (exact) mass is 294 g/mol. The summed E-state index contributed by atoms with van der Waals surface area (Å²) < 4.78 is 27.7. The molecule has 0 aliphatic heterocycles. The van der Waals surface area contributed by atoms with Gasteiger partial charge >= 0.3 is 0 Å². The van der Waals surface area contributed by atoms with Crippen molar-refractivity contribution in [2.75, 3.05) is 12.4 Å². The minimum absolute atomic E-state index is 0.244. The van der Waals surface area contributed by atoms with Crippen LogP contribution < -0.4 is 10.0 Å². The smallest absolute Gasteiger partial charge is 0.240 e. The van der Waals surface area contributed by atoms with Crippen LogP contribution in [0.5, 0.6) is 0 Å². The lowest BCUT2D eigenvalue weighted by atomic mass is 10.3. The average Bonchev–Trinajstić information content (AvgIpc) is 2.93. The van der Waals surface area contributed by atoms with E-state index in [1.807, 2.05) is 23.7 Å². The van der Waals surface area contributed by atoms with E-state index in [0.717, 1.165) is 17.9 Å². The van der Waals surface area contributed by atoms with Gasteiger partial charge in [0.25, 0.3) is 0 Å². The summed E-state index contributed by atoms with van der Waals surface area (Å²) in [5, 5.41) is 7.39. The minimum Gasteiger partial charge on any atom is -0.379 e. The topological polar surface area (TPSA) is 76.0 Å². The minimum atomic E-state index is -3.41. The Morgan fingerprint density at radius 3 is 2.80 bits per heavy atom. The van der Waals surface area contributed by atoms with Gasteiger partial charge in [-0.2, -0.15) is 5.10 Å². The molecule has 0 fully saturated rings. The molecule has 0 aliphatic rings. The third-order valence-electron chi connectivity index (χ3n) is 2.99. The Kier molecular flexibility index (Phi) is 4.41. The summed E-state index contributed by atoms with van der Waals surface area (Å²) in [6.45, 7) is 3.42. The number of hydrogen-bond donors (Lipinski definition) is 2. The lowest BCUT2D eigenvalue weighted by molar-refractivity contribution is 0.588. The Morgan fingerprint density at radius 2 is 2.10 bits per heavy atom. The van der Waals surface area contributed by atoms with Crippen molar-refractivity contribution in [3.05, 3.63) is 42.2 Å². The van der Waals surface area contributed by atoms with Crippen LogP contribution in [0, 0.1) is 0 Å². The zero-order valence-electron chi connectivity index (χ0n) is 11.5. The van der Waals surface area contributed by atoms with Gasteiger partial charge in [-0.25, -0.2) is 13.1 Å². The van der Waals surface area contributed by atoms with E-state index in [0.29, 0.717) is 6.54 Å². The fourth-order valence-corrected chi connectivity index (χ4v) is 2.65. The molecule has 0 atom stereocenters. The van der Waals surface area contributed by atoms with Gasteiger partial charge in [-0.3, -0.25) is 4.68 Å². The highest BCUT2D eigenvalue weighted by Crippen LogP contribution is 2.16. The second-order valence-corrected chi connectivity index (χ2v) is 6.11. The molecule has 1 aromatic heterocycles. The van der Waals surface area contributed by atoms with E-state index in [4.69, 9.17) is 0 Å². The third kappa shape index (κ3) is 3.17. The SMILES string of the molecule is CCn1nccc1CNc1cccc(S(=O)(=O)NC)c1. The van der Waals surface area contributed by atoms with Crippen LogP contribution in [0.4, 0.5) is 5.69 Å². The van der Waals surface area contributed by atoms with Crippen molar-refractivity contribution in [1.82, 2.24) is 14.5 Å². The van der Waals surface area contributed by atoms with Crippen LogP contribution in [-0.4, -0.2) is 25.2 Å². The molecule has 0 aliphatic carbocycles. The van der Waals surface area contributed by atoms with Gasteiger partial charge < -0.3 is 5.32 Å². The van der Waals surface area contributed by atoms with E-state index in [-0.39, 0.29) is 4.90 Å². The van der Waals surface area contributed by atoms with Crippen LogP contribution in [-0.2, 0) is 23.1 Å². The molecule has 2 rings (SSSR count). The molecule has 7 heteroatoms. The zero-order valence-corrected chi connectivity index (χ0v) is 12.3. The summed E-state index contributed by atoms with van der Waals surface area (Å²) in [5.74, 6) is 0. The van der Waals surface area contributed by atoms with E-state index < -0.39 is 10.0 Å². The van der Waals surface area contributed by atoms with Crippen LogP contribution in [0.25, 0.3) is 0 Å². The number of nitrogens with zero attached hydrogens (tertiary/aromatic N) is 2. The van der Waals surface area contributed by atoms with Crippen molar-refractivity contribution < 1.29 is 8.42 Å². The van der Waals surface area contributed by atoms with E-state index in [1.54, 1.807) is 24.4 Å². The summed E-state index contributed by atoms with van der Waals surface area (Å²) in [4.78, 5) is 0.244. The van der Waals surface area contributed by atoms with E-state index in [9.17, 15) is 8.42 Å². The maximum Gasteiger partial charge on any atom is 0.240 e. The van der Waals surface area contributed by atoms with E-state index in [2.05, 4.69) is 15.1 Å². The molecule has 0 radical (unpaired) electrons. The highest BCUT2D eigenvalue weighted by atomic mass is 32.2. The van der Waals surface area contributed by atoms with Gasteiger partial charge in [0.1, 0.15) is 0 Å². The second-order valence-electron chi connectivity index (χ2n) is 4.23. The standard InChI is InChI=1S/C13H18N4O2S/c1-3-17-12(7-8-16-17)10-15-11-5-4-6-13(9-11)20(18,19)14-2/h4-9,14-15H,3,10H2,1-2H3. The maximum atomic E-state index is 11.7. The highest BCUT2D eigenvalue weighted by molar-refractivity contribution is 7.89. The molecule has 0 bridgehead atoms. The van der Waals surface area contributed by atoms with Gasteiger partial charge in [-0.05, 0) is 38.2 Å². The summed E-state index contributed by atoms with van der Waals surface area (Å²) in [6.07, 6.45) is 1.75. The number of rotatable bonds is 6. The lowest BCUT2D eigenvalue weighted by Crippen LogP contribution is -2.18. The van der Waals surface area contributed by atoms with Crippen LogP contribution in [0.3, 0.4) is 0 Å². The number of nitrogens with one attached hydrogen (secondary N) is 2. The number of benzene rings is 1. The van der Waals surface area contributed by atoms with E-state index >= 15 is 0 Å².